The van der Waals surface area contributed by atoms with Crippen LogP contribution in [0.1, 0.15) is 24.2 Å². The minimum Gasteiger partial charge on any atom is -0.497 e. The lowest BCUT2D eigenvalue weighted by atomic mass is 9.90. The van der Waals surface area contributed by atoms with Crippen molar-refractivity contribution >= 4 is 0 Å². The first-order valence-electron chi connectivity index (χ1n) is 8.21. The van der Waals surface area contributed by atoms with Crippen LogP contribution in [-0.4, -0.2) is 7.11 Å². The Balaban J connectivity index is 1.90. The molecule has 2 nitrogen and oxygen atoms in total. The summed E-state index contributed by atoms with van der Waals surface area (Å²) in [7, 11) is 1.70. The molecule has 3 aromatic rings. The number of hydrogen-bond acceptors (Lipinski definition) is 2. The van der Waals surface area contributed by atoms with Gasteiger partial charge >= 0.3 is 0 Å². The molecule has 2 heteroatoms. The van der Waals surface area contributed by atoms with Crippen molar-refractivity contribution in [3.8, 4) is 28.2 Å². The van der Waals surface area contributed by atoms with Crippen LogP contribution in [0.25, 0.3) is 22.5 Å². The fourth-order valence-electron chi connectivity index (χ4n) is 3.42. The van der Waals surface area contributed by atoms with Crippen molar-refractivity contribution in [3.05, 3.63) is 65.9 Å². The van der Waals surface area contributed by atoms with Crippen LogP contribution in [0.4, 0.5) is 0 Å². The first-order valence-corrected chi connectivity index (χ1v) is 8.21. The average molecular weight is 304 g/mol. The van der Waals surface area contributed by atoms with E-state index in [9.17, 15) is 0 Å². The molecule has 1 aliphatic carbocycles. The molecule has 116 valence electrons. The van der Waals surface area contributed by atoms with Gasteiger partial charge < -0.3 is 9.15 Å². The molecule has 0 atom stereocenters. The van der Waals surface area contributed by atoms with Gasteiger partial charge in [0.2, 0.25) is 0 Å². The SMILES string of the molecule is COc1ccc(-c2c(-c3ccccc3)oc3c2CCCC3)cc1. The highest BCUT2D eigenvalue weighted by atomic mass is 16.5. The van der Waals surface area contributed by atoms with E-state index in [2.05, 4.69) is 36.4 Å². The second-order valence-corrected chi connectivity index (χ2v) is 6.01. The van der Waals surface area contributed by atoms with Crippen molar-refractivity contribution in [3.63, 3.8) is 0 Å². The van der Waals surface area contributed by atoms with E-state index in [0.29, 0.717) is 0 Å². The van der Waals surface area contributed by atoms with Gasteiger partial charge in [-0.25, -0.2) is 0 Å². The normalized spacial score (nSPS) is 13.6. The largest absolute Gasteiger partial charge is 0.497 e. The lowest BCUT2D eigenvalue weighted by Gasteiger charge is -2.11. The van der Waals surface area contributed by atoms with Crippen LogP contribution in [0.3, 0.4) is 0 Å². The second-order valence-electron chi connectivity index (χ2n) is 6.01. The zero-order chi connectivity index (χ0) is 15.6. The third kappa shape index (κ3) is 2.55. The summed E-state index contributed by atoms with van der Waals surface area (Å²) in [6, 6.07) is 18.7. The number of rotatable bonds is 3. The van der Waals surface area contributed by atoms with Crippen molar-refractivity contribution in [1.29, 1.82) is 0 Å². The average Bonchev–Trinajstić information content (AvgIpc) is 3.02. The van der Waals surface area contributed by atoms with Crippen LogP contribution >= 0.6 is 0 Å². The third-order valence-corrected chi connectivity index (χ3v) is 4.59. The predicted octanol–water partition coefficient (Wildman–Crippen LogP) is 5.50. The smallest absolute Gasteiger partial charge is 0.142 e. The molecule has 0 unspecified atom stereocenters. The van der Waals surface area contributed by atoms with Crippen molar-refractivity contribution in [2.24, 2.45) is 0 Å². The van der Waals surface area contributed by atoms with Gasteiger partial charge in [0.25, 0.3) is 0 Å². The quantitative estimate of drug-likeness (QED) is 0.637. The molecule has 0 N–H and O–H groups in total. The molecule has 23 heavy (non-hydrogen) atoms. The highest BCUT2D eigenvalue weighted by Gasteiger charge is 2.24. The molecular weight excluding hydrogens is 284 g/mol. The van der Waals surface area contributed by atoms with Crippen LogP contribution in [0, 0.1) is 0 Å². The van der Waals surface area contributed by atoms with E-state index in [4.69, 9.17) is 9.15 Å². The van der Waals surface area contributed by atoms with Crippen LogP contribution in [0.5, 0.6) is 5.75 Å². The Labute approximate surface area is 136 Å². The molecule has 0 amide bonds. The number of furan rings is 1. The minimum atomic E-state index is 0.882. The Hall–Kier alpha value is -2.48. The van der Waals surface area contributed by atoms with Gasteiger partial charge in [0.05, 0.1) is 7.11 Å². The summed E-state index contributed by atoms with van der Waals surface area (Å²) in [5.74, 6) is 3.05. The molecule has 1 heterocycles. The minimum absolute atomic E-state index is 0.882. The molecule has 0 fully saturated rings. The van der Waals surface area contributed by atoms with Crippen LogP contribution in [0.15, 0.2) is 59.0 Å². The fourth-order valence-corrected chi connectivity index (χ4v) is 3.42. The first kappa shape index (κ1) is 14.1. The van der Waals surface area contributed by atoms with Gasteiger partial charge in [0, 0.05) is 23.1 Å². The molecule has 1 aromatic heterocycles. The number of benzene rings is 2. The lowest BCUT2D eigenvalue weighted by molar-refractivity contribution is 0.415. The maximum absolute atomic E-state index is 6.30. The van der Waals surface area contributed by atoms with Crippen molar-refractivity contribution in [1.82, 2.24) is 0 Å². The summed E-state index contributed by atoms with van der Waals surface area (Å²) in [4.78, 5) is 0. The topological polar surface area (TPSA) is 22.4 Å². The molecule has 0 spiro atoms. The molecule has 0 aliphatic heterocycles. The first-order chi connectivity index (χ1) is 11.4. The molecule has 0 saturated carbocycles. The highest BCUT2D eigenvalue weighted by molar-refractivity contribution is 5.83. The molecular formula is C21H20O2. The van der Waals surface area contributed by atoms with Gasteiger partial charge in [-0.2, -0.15) is 0 Å². The molecule has 2 aromatic carbocycles. The highest BCUT2D eigenvalue weighted by Crippen LogP contribution is 2.42. The Morgan fingerprint density at radius 2 is 1.57 bits per heavy atom. The van der Waals surface area contributed by atoms with Crippen LogP contribution < -0.4 is 4.74 Å². The van der Waals surface area contributed by atoms with E-state index >= 15 is 0 Å². The zero-order valence-corrected chi connectivity index (χ0v) is 13.3. The summed E-state index contributed by atoms with van der Waals surface area (Å²) in [6.07, 6.45) is 4.61. The maximum atomic E-state index is 6.30. The van der Waals surface area contributed by atoms with Gasteiger partial charge in [0.1, 0.15) is 17.3 Å². The summed E-state index contributed by atoms with van der Waals surface area (Å²) in [5, 5.41) is 0. The Morgan fingerprint density at radius 3 is 2.30 bits per heavy atom. The van der Waals surface area contributed by atoms with E-state index in [1.165, 1.54) is 35.3 Å². The van der Waals surface area contributed by atoms with E-state index in [1.54, 1.807) is 7.11 Å². The lowest BCUT2D eigenvalue weighted by Crippen LogP contribution is -2.00. The Morgan fingerprint density at radius 1 is 0.826 bits per heavy atom. The fraction of sp³-hybridized carbons (Fsp3) is 0.238. The second kappa shape index (κ2) is 5.96. The number of hydrogen-bond donors (Lipinski definition) is 0. The van der Waals surface area contributed by atoms with E-state index in [-0.39, 0.29) is 0 Å². The van der Waals surface area contributed by atoms with Gasteiger partial charge in [-0.05, 0) is 37.0 Å². The molecule has 0 bridgehead atoms. The number of aryl methyl sites for hydroxylation is 1. The number of ether oxygens (including phenoxy) is 1. The predicted molar refractivity (Wildman–Crippen MR) is 92.8 cm³/mol. The third-order valence-electron chi connectivity index (χ3n) is 4.59. The van der Waals surface area contributed by atoms with Crippen LogP contribution in [0.2, 0.25) is 0 Å². The summed E-state index contributed by atoms with van der Waals surface area (Å²) >= 11 is 0. The molecule has 0 radical (unpaired) electrons. The van der Waals surface area contributed by atoms with Gasteiger partial charge in [-0.1, -0.05) is 42.5 Å². The number of fused-ring (bicyclic) bond motifs is 1. The van der Waals surface area contributed by atoms with Crippen molar-refractivity contribution < 1.29 is 9.15 Å². The standard InChI is InChI=1S/C21H20O2/c1-22-17-13-11-15(12-14-17)20-18-9-5-6-10-19(18)23-21(20)16-7-3-2-4-8-16/h2-4,7-8,11-14H,5-6,9-10H2,1H3. The monoisotopic (exact) mass is 304 g/mol. The summed E-state index contributed by atoms with van der Waals surface area (Å²) < 4.78 is 11.6. The summed E-state index contributed by atoms with van der Waals surface area (Å²) in [5.41, 5.74) is 5.00. The molecule has 4 rings (SSSR count). The Bertz CT molecular complexity index is 798. The zero-order valence-electron chi connectivity index (χ0n) is 13.3. The van der Waals surface area contributed by atoms with Crippen molar-refractivity contribution in [2.75, 3.05) is 7.11 Å². The summed E-state index contributed by atoms with van der Waals surface area (Å²) in [6.45, 7) is 0. The Kier molecular flexibility index (Phi) is 3.66. The van der Waals surface area contributed by atoms with E-state index in [0.717, 1.165) is 29.9 Å². The van der Waals surface area contributed by atoms with Gasteiger partial charge in [0.15, 0.2) is 0 Å². The maximum Gasteiger partial charge on any atom is 0.142 e. The number of methoxy groups -OCH3 is 1. The molecule has 1 aliphatic rings. The van der Waals surface area contributed by atoms with Crippen molar-refractivity contribution in [2.45, 2.75) is 25.7 Å². The van der Waals surface area contributed by atoms with E-state index in [1.807, 2.05) is 18.2 Å². The molecule has 0 saturated heterocycles. The van der Waals surface area contributed by atoms with Gasteiger partial charge in [-0.3, -0.25) is 0 Å². The van der Waals surface area contributed by atoms with Gasteiger partial charge in [-0.15, -0.1) is 0 Å². The van der Waals surface area contributed by atoms with E-state index < -0.39 is 0 Å². The van der Waals surface area contributed by atoms with Crippen LogP contribution in [-0.2, 0) is 12.8 Å².